The lowest BCUT2D eigenvalue weighted by atomic mass is 9.90. The summed E-state index contributed by atoms with van der Waals surface area (Å²) in [6, 6.07) is 16.2. The van der Waals surface area contributed by atoms with Gasteiger partial charge in [-0.05, 0) is 30.2 Å². The number of guanidine groups is 1. The summed E-state index contributed by atoms with van der Waals surface area (Å²) in [5.41, 5.74) is 3.16. The number of carbonyl (C=O) groups excluding carboxylic acids is 1. The minimum atomic E-state index is 0. The maximum Gasteiger partial charge on any atom is 0.225 e. The second-order valence-electron chi connectivity index (χ2n) is 7.10. The van der Waals surface area contributed by atoms with Crippen LogP contribution in [-0.4, -0.2) is 37.0 Å². The fourth-order valence-corrected chi connectivity index (χ4v) is 4.61. The number of hydrogen-bond donors (Lipinski definition) is 3. The standard InChI is InChI=1S/C22H25N5OS.HI/c1-23-22(24-12-6-11-21-27-18-9-4-5-10-19(18)29-21)25-14-15-13-20(28)26-17-8-3-2-7-16(15)17;/h2-5,7-10,15H,6,11-14H2,1H3,(H,26,28)(H2,23,24,25);1H. The lowest BCUT2D eigenvalue weighted by molar-refractivity contribution is -0.116. The number of para-hydroxylation sites is 2. The van der Waals surface area contributed by atoms with Gasteiger partial charge in [-0.25, -0.2) is 4.98 Å². The maximum absolute atomic E-state index is 12.0. The minimum Gasteiger partial charge on any atom is -0.356 e. The molecule has 1 unspecified atom stereocenters. The van der Waals surface area contributed by atoms with Gasteiger partial charge in [-0.1, -0.05) is 30.3 Å². The third kappa shape index (κ3) is 5.48. The summed E-state index contributed by atoms with van der Waals surface area (Å²) in [6.07, 6.45) is 2.41. The lowest BCUT2D eigenvalue weighted by Crippen LogP contribution is -2.41. The number of benzene rings is 2. The van der Waals surface area contributed by atoms with Gasteiger partial charge < -0.3 is 16.0 Å². The number of nitrogens with one attached hydrogen (secondary N) is 3. The predicted octanol–water partition coefficient (Wildman–Crippen LogP) is 4.14. The lowest BCUT2D eigenvalue weighted by Gasteiger charge is -2.26. The van der Waals surface area contributed by atoms with Crippen LogP contribution in [0.5, 0.6) is 0 Å². The van der Waals surface area contributed by atoms with Crippen LogP contribution < -0.4 is 16.0 Å². The predicted molar refractivity (Wildman–Crippen MR) is 135 cm³/mol. The van der Waals surface area contributed by atoms with Crippen molar-refractivity contribution in [3.8, 4) is 0 Å². The van der Waals surface area contributed by atoms with Crippen molar-refractivity contribution in [1.82, 2.24) is 15.6 Å². The molecule has 0 aliphatic carbocycles. The molecule has 1 amide bonds. The molecule has 0 fully saturated rings. The van der Waals surface area contributed by atoms with E-state index in [2.05, 4.69) is 50.2 Å². The Morgan fingerprint density at radius 1 is 1.20 bits per heavy atom. The number of aromatic nitrogens is 1. The van der Waals surface area contributed by atoms with E-state index in [9.17, 15) is 4.79 Å². The van der Waals surface area contributed by atoms with Crippen LogP contribution in [0.2, 0.25) is 0 Å². The van der Waals surface area contributed by atoms with E-state index in [4.69, 9.17) is 0 Å². The molecule has 3 aromatic rings. The van der Waals surface area contributed by atoms with Crippen LogP contribution in [0.4, 0.5) is 5.69 Å². The number of aryl methyl sites for hydroxylation is 1. The van der Waals surface area contributed by atoms with Crippen LogP contribution in [0.15, 0.2) is 53.5 Å². The zero-order chi connectivity index (χ0) is 20.1. The third-order valence-corrected chi connectivity index (χ3v) is 6.14. The molecule has 2 heterocycles. The Hall–Kier alpha value is -2.20. The Kier molecular flexibility index (Phi) is 8.03. The van der Waals surface area contributed by atoms with Gasteiger partial charge in [0.1, 0.15) is 0 Å². The first-order valence-electron chi connectivity index (χ1n) is 9.90. The first kappa shape index (κ1) is 22.5. The van der Waals surface area contributed by atoms with E-state index in [0.29, 0.717) is 13.0 Å². The molecular formula is C22H26IN5OS. The Balaban J connectivity index is 0.00000256. The molecule has 1 aromatic heterocycles. The molecule has 0 spiro atoms. The molecule has 1 aliphatic heterocycles. The van der Waals surface area contributed by atoms with Crippen molar-refractivity contribution in [2.45, 2.75) is 25.2 Å². The number of aliphatic imine (C=N–C) groups is 1. The SMILES string of the molecule is CN=C(NCCCc1nc2ccccc2s1)NCC1CC(=O)Nc2ccccc21.I. The van der Waals surface area contributed by atoms with Crippen LogP contribution in [0, 0.1) is 0 Å². The number of anilines is 1. The summed E-state index contributed by atoms with van der Waals surface area (Å²) >= 11 is 1.76. The van der Waals surface area contributed by atoms with E-state index in [0.717, 1.165) is 36.6 Å². The summed E-state index contributed by atoms with van der Waals surface area (Å²) in [7, 11) is 1.77. The first-order chi connectivity index (χ1) is 14.2. The number of halogens is 1. The van der Waals surface area contributed by atoms with E-state index in [1.807, 2.05) is 24.3 Å². The van der Waals surface area contributed by atoms with E-state index >= 15 is 0 Å². The zero-order valence-corrected chi connectivity index (χ0v) is 20.0. The molecule has 0 radical (unpaired) electrons. The highest BCUT2D eigenvalue weighted by molar-refractivity contribution is 14.0. The molecule has 1 aliphatic rings. The van der Waals surface area contributed by atoms with Gasteiger partial charge in [0.15, 0.2) is 5.96 Å². The molecule has 3 N–H and O–H groups in total. The van der Waals surface area contributed by atoms with Crippen molar-refractivity contribution in [2.75, 3.05) is 25.5 Å². The largest absolute Gasteiger partial charge is 0.356 e. The smallest absolute Gasteiger partial charge is 0.225 e. The van der Waals surface area contributed by atoms with Crippen molar-refractivity contribution in [3.63, 3.8) is 0 Å². The van der Waals surface area contributed by atoms with Gasteiger partial charge in [0, 0.05) is 44.6 Å². The van der Waals surface area contributed by atoms with Crippen molar-refractivity contribution in [2.24, 2.45) is 4.99 Å². The Morgan fingerprint density at radius 2 is 2.00 bits per heavy atom. The molecule has 1 atom stereocenters. The number of hydrogen-bond acceptors (Lipinski definition) is 4. The Morgan fingerprint density at radius 3 is 2.83 bits per heavy atom. The molecule has 0 saturated heterocycles. The van der Waals surface area contributed by atoms with Crippen LogP contribution in [0.1, 0.15) is 29.3 Å². The molecule has 6 nitrogen and oxygen atoms in total. The van der Waals surface area contributed by atoms with Crippen molar-refractivity contribution in [1.29, 1.82) is 0 Å². The molecule has 0 bridgehead atoms. The van der Waals surface area contributed by atoms with E-state index in [1.165, 1.54) is 15.3 Å². The molecule has 4 rings (SSSR count). The summed E-state index contributed by atoms with van der Waals surface area (Å²) in [6.45, 7) is 1.49. The average molecular weight is 535 g/mol. The van der Waals surface area contributed by atoms with Gasteiger partial charge >= 0.3 is 0 Å². The number of thiazole rings is 1. The number of fused-ring (bicyclic) bond motifs is 2. The van der Waals surface area contributed by atoms with Crippen LogP contribution in [0.25, 0.3) is 10.2 Å². The van der Waals surface area contributed by atoms with E-state index in [-0.39, 0.29) is 35.8 Å². The monoisotopic (exact) mass is 535 g/mol. The van der Waals surface area contributed by atoms with Gasteiger partial charge in [0.25, 0.3) is 0 Å². The highest BCUT2D eigenvalue weighted by Crippen LogP contribution is 2.31. The molecule has 2 aromatic carbocycles. The zero-order valence-electron chi connectivity index (χ0n) is 16.9. The maximum atomic E-state index is 12.0. The van der Waals surface area contributed by atoms with Gasteiger partial charge in [0.05, 0.1) is 15.2 Å². The number of carbonyl (C=O) groups is 1. The summed E-state index contributed by atoms with van der Waals surface area (Å²) < 4.78 is 1.24. The second-order valence-corrected chi connectivity index (χ2v) is 8.21. The molecule has 0 saturated carbocycles. The van der Waals surface area contributed by atoms with Crippen molar-refractivity contribution >= 4 is 63.1 Å². The Bertz CT molecular complexity index is 1000. The van der Waals surface area contributed by atoms with E-state index in [1.54, 1.807) is 18.4 Å². The van der Waals surface area contributed by atoms with Crippen molar-refractivity contribution < 1.29 is 4.79 Å². The van der Waals surface area contributed by atoms with Crippen LogP contribution in [0.3, 0.4) is 0 Å². The Labute approximate surface area is 197 Å². The first-order valence-corrected chi connectivity index (χ1v) is 10.7. The molecule has 30 heavy (non-hydrogen) atoms. The number of nitrogens with zero attached hydrogens (tertiary/aromatic N) is 2. The highest BCUT2D eigenvalue weighted by Gasteiger charge is 2.24. The molecule has 8 heteroatoms. The van der Waals surface area contributed by atoms with Gasteiger partial charge in [0.2, 0.25) is 5.91 Å². The minimum absolute atomic E-state index is 0. The topological polar surface area (TPSA) is 78.4 Å². The van der Waals surface area contributed by atoms with Crippen LogP contribution >= 0.6 is 35.3 Å². The van der Waals surface area contributed by atoms with E-state index < -0.39 is 0 Å². The quantitative estimate of drug-likeness (QED) is 0.192. The molecule has 158 valence electrons. The average Bonchev–Trinajstić information content (AvgIpc) is 3.16. The normalized spacial score (nSPS) is 15.8. The van der Waals surface area contributed by atoms with Crippen LogP contribution in [-0.2, 0) is 11.2 Å². The second kappa shape index (κ2) is 10.7. The number of amides is 1. The highest BCUT2D eigenvalue weighted by atomic mass is 127. The number of rotatable bonds is 6. The van der Waals surface area contributed by atoms with Gasteiger partial charge in [-0.3, -0.25) is 9.79 Å². The van der Waals surface area contributed by atoms with Gasteiger partial charge in [-0.2, -0.15) is 0 Å². The fraction of sp³-hybridized carbons (Fsp3) is 0.318. The summed E-state index contributed by atoms with van der Waals surface area (Å²) in [5, 5.41) is 10.8. The molecular weight excluding hydrogens is 509 g/mol. The summed E-state index contributed by atoms with van der Waals surface area (Å²) in [5.74, 6) is 0.966. The van der Waals surface area contributed by atoms with Gasteiger partial charge in [-0.15, -0.1) is 35.3 Å². The summed E-state index contributed by atoms with van der Waals surface area (Å²) in [4.78, 5) is 21.0. The third-order valence-electron chi connectivity index (χ3n) is 5.04. The fourth-order valence-electron chi connectivity index (χ4n) is 3.60. The van der Waals surface area contributed by atoms with Crippen molar-refractivity contribution in [3.05, 3.63) is 59.1 Å².